The molecule has 0 spiro atoms. The summed E-state index contributed by atoms with van der Waals surface area (Å²) in [6, 6.07) is 17.8. The molecule has 2 aromatic carbocycles. The molecular formula is C16H13NOS. The summed E-state index contributed by atoms with van der Waals surface area (Å²) in [4.78, 5) is 12.3. The first-order chi connectivity index (χ1) is 9.34. The lowest BCUT2D eigenvalue weighted by Crippen LogP contribution is -2.10. The van der Waals surface area contributed by atoms with E-state index in [2.05, 4.69) is 5.32 Å². The Morgan fingerprint density at radius 3 is 2.53 bits per heavy atom. The smallest absolute Gasteiger partial charge is 0.211 e. The zero-order chi connectivity index (χ0) is 13.1. The van der Waals surface area contributed by atoms with Crippen molar-refractivity contribution in [2.45, 2.75) is 6.54 Å². The molecular weight excluding hydrogens is 254 g/mol. The average Bonchev–Trinajstić information content (AvgIpc) is 2.48. The van der Waals surface area contributed by atoms with Gasteiger partial charge in [0.1, 0.15) is 0 Å². The number of benzene rings is 2. The van der Waals surface area contributed by atoms with Crippen molar-refractivity contribution in [2.75, 3.05) is 5.32 Å². The minimum atomic E-state index is 0.0743. The molecule has 0 fully saturated rings. The largest absolute Gasteiger partial charge is 0.377 e. The van der Waals surface area contributed by atoms with Crippen LogP contribution in [-0.2, 0) is 6.54 Å². The molecule has 0 atom stereocenters. The zero-order valence-electron chi connectivity index (χ0n) is 10.3. The van der Waals surface area contributed by atoms with Gasteiger partial charge in [0.25, 0.3) is 0 Å². The minimum absolute atomic E-state index is 0.0743. The van der Waals surface area contributed by atoms with Gasteiger partial charge in [-0.25, -0.2) is 0 Å². The summed E-state index contributed by atoms with van der Waals surface area (Å²) in [7, 11) is 0. The second-order valence-electron chi connectivity index (χ2n) is 4.31. The average molecular weight is 267 g/mol. The number of rotatable bonds is 3. The maximum atomic E-state index is 12.3. The molecule has 94 valence electrons. The third-order valence-corrected chi connectivity index (χ3v) is 3.97. The first kappa shape index (κ1) is 11.9. The van der Waals surface area contributed by atoms with Crippen molar-refractivity contribution in [1.82, 2.24) is 0 Å². The highest BCUT2D eigenvalue weighted by Gasteiger charge is 2.04. The van der Waals surface area contributed by atoms with Crippen LogP contribution in [0.1, 0.15) is 5.56 Å². The fraction of sp³-hybridized carbons (Fsp3) is 0.0625. The Morgan fingerprint density at radius 1 is 0.947 bits per heavy atom. The van der Waals surface area contributed by atoms with E-state index in [-0.39, 0.29) is 5.43 Å². The second kappa shape index (κ2) is 5.24. The van der Waals surface area contributed by atoms with Crippen LogP contribution in [0.4, 0.5) is 5.69 Å². The fourth-order valence-corrected chi connectivity index (χ4v) is 2.87. The lowest BCUT2D eigenvalue weighted by atomic mass is 10.2. The topological polar surface area (TPSA) is 29.1 Å². The molecule has 1 aromatic heterocycles. The van der Waals surface area contributed by atoms with Crippen LogP contribution in [0.25, 0.3) is 10.1 Å². The Hall–Kier alpha value is -2.13. The van der Waals surface area contributed by atoms with Crippen LogP contribution in [0, 0.1) is 0 Å². The quantitative estimate of drug-likeness (QED) is 0.780. The van der Waals surface area contributed by atoms with E-state index >= 15 is 0 Å². The third-order valence-electron chi connectivity index (χ3n) is 3.01. The van der Waals surface area contributed by atoms with Gasteiger partial charge in [0.2, 0.25) is 5.43 Å². The first-order valence-electron chi connectivity index (χ1n) is 6.13. The Morgan fingerprint density at radius 2 is 1.68 bits per heavy atom. The standard InChI is InChI=1S/C16H13NOS/c18-16-13-8-4-5-9-15(13)19-11-14(16)17-10-12-6-2-1-3-7-12/h1-9,11,17H,10H2. The van der Waals surface area contributed by atoms with Crippen molar-refractivity contribution < 1.29 is 0 Å². The minimum Gasteiger partial charge on any atom is -0.377 e. The van der Waals surface area contributed by atoms with Gasteiger partial charge < -0.3 is 5.32 Å². The van der Waals surface area contributed by atoms with E-state index in [1.54, 1.807) is 11.3 Å². The number of hydrogen-bond acceptors (Lipinski definition) is 3. The van der Waals surface area contributed by atoms with Crippen LogP contribution in [0.2, 0.25) is 0 Å². The summed E-state index contributed by atoms with van der Waals surface area (Å²) in [5.74, 6) is 0. The van der Waals surface area contributed by atoms with E-state index in [4.69, 9.17) is 0 Å². The van der Waals surface area contributed by atoms with E-state index in [0.717, 1.165) is 10.1 Å². The molecule has 0 aliphatic carbocycles. The van der Waals surface area contributed by atoms with Crippen LogP contribution >= 0.6 is 11.3 Å². The number of hydrogen-bond donors (Lipinski definition) is 1. The van der Waals surface area contributed by atoms with E-state index in [1.165, 1.54) is 5.56 Å². The van der Waals surface area contributed by atoms with E-state index in [0.29, 0.717) is 12.2 Å². The molecule has 19 heavy (non-hydrogen) atoms. The molecule has 3 heteroatoms. The Balaban J connectivity index is 1.90. The Labute approximate surface area is 115 Å². The number of anilines is 1. The molecule has 0 saturated carbocycles. The van der Waals surface area contributed by atoms with Gasteiger partial charge in [0.15, 0.2) is 0 Å². The van der Waals surface area contributed by atoms with Crippen molar-refractivity contribution in [3.63, 3.8) is 0 Å². The Bertz CT molecular complexity index is 749. The normalized spacial score (nSPS) is 10.5. The van der Waals surface area contributed by atoms with Gasteiger partial charge in [-0.05, 0) is 17.7 Å². The monoisotopic (exact) mass is 267 g/mol. The lowest BCUT2D eigenvalue weighted by Gasteiger charge is -2.06. The van der Waals surface area contributed by atoms with Gasteiger partial charge in [0.05, 0.1) is 5.69 Å². The van der Waals surface area contributed by atoms with Crippen molar-refractivity contribution in [1.29, 1.82) is 0 Å². The number of fused-ring (bicyclic) bond motifs is 1. The fourth-order valence-electron chi connectivity index (χ4n) is 1.99. The zero-order valence-corrected chi connectivity index (χ0v) is 11.1. The van der Waals surface area contributed by atoms with Crippen LogP contribution in [0.15, 0.2) is 64.8 Å². The predicted octanol–water partition coefficient (Wildman–Crippen LogP) is 3.87. The van der Waals surface area contributed by atoms with E-state index in [1.807, 2.05) is 60.0 Å². The molecule has 3 aromatic rings. The van der Waals surface area contributed by atoms with Gasteiger partial charge in [0, 0.05) is 22.0 Å². The molecule has 3 rings (SSSR count). The van der Waals surface area contributed by atoms with Crippen molar-refractivity contribution in [3.05, 3.63) is 75.8 Å². The molecule has 0 saturated heterocycles. The summed E-state index contributed by atoms with van der Waals surface area (Å²) < 4.78 is 1.03. The summed E-state index contributed by atoms with van der Waals surface area (Å²) >= 11 is 1.59. The van der Waals surface area contributed by atoms with Crippen LogP contribution < -0.4 is 10.7 Å². The van der Waals surface area contributed by atoms with Crippen molar-refractivity contribution in [3.8, 4) is 0 Å². The van der Waals surface area contributed by atoms with Crippen LogP contribution in [0.5, 0.6) is 0 Å². The SMILES string of the molecule is O=c1c(NCc2ccccc2)csc2ccccc12. The van der Waals surface area contributed by atoms with Crippen molar-refractivity contribution >= 4 is 27.1 Å². The summed E-state index contributed by atoms with van der Waals surface area (Å²) in [6.45, 7) is 0.668. The third kappa shape index (κ3) is 2.51. The summed E-state index contributed by atoms with van der Waals surface area (Å²) in [5, 5.41) is 5.90. The maximum absolute atomic E-state index is 12.3. The van der Waals surface area contributed by atoms with Gasteiger partial charge in [-0.1, -0.05) is 42.5 Å². The molecule has 0 aliphatic rings. The summed E-state index contributed by atoms with van der Waals surface area (Å²) in [5.41, 5.74) is 1.91. The van der Waals surface area contributed by atoms with Crippen molar-refractivity contribution in [2.24, 2.45) is 0 Å². The van der Waals surface area contributed by atoms with E-state index in [9.17, 15) is 4.79 Å². The predicted molar refractivity (Wildman–Crippen MR) is 81.9 cm³/mol. The molecule has 0 unspecified atom stereocenters. The van der Waals surface area contributed by atoms with Gasteiger partial charge in [-0.15, -0.1) is 11.3 Å². The Kier molecular flexibility index (Phi) is 3.29. The lowest BCUT2D eigenvalue weighted by molar-refractivity contribution is 1.15. The van der Waals surface area contributed by atoms with Gasteiger partial charge in [-0.2, -0.15) is 0 Å². The molecule has 0 aliphatic heterocycles. The van der Waals surface area contributed by atoms with Crippen LogP contribution in [0.3, 0.4) is 0 Å². The van der Waals surface area contributed by atoms with Crippen LogP contribution in [-0.4, -0.2) is 0 Å². The highest BCUT2D eigenvalue weighted by Crippen LogP contribution is 2.18. The molecule has 0 bridgehead atoms. The molecule has 2 nitrogen and oxygen atoms in total. The highest BCUT2D eigenvalue weighted by atomic mass is 32.1. The maximum Gasteiger partial charge on any atom is 0.211 e. The number of nitrogens with one attached hydrogen (secondary N) is 1. The molecule has 0 amide bonds. The highest BCUT2D eigenvalue weighted by molar-refractivity contribution is 7.16. The molecule has 0 radical (unpaired) electrons. The van der Waals surface area contributed by atoms with Gasteiger partial charge in [-0.3, -0.25) is 4.79 Å². The molecule has 1 N–H and O–H groups in total. The van der Waals surface area contributed by atoms with Gasteiger partial charge >= 0.3 is 0 Å². The molecule has 1 heterocycles. The second-order valence-corrected chi connectivity index (χ2v) is 5.23. The van der Waals surface area contributed by atoms with E-state index < -0.39 is 0 Å². The summed E-state index contributed by atoms with van der Waals surface area (Å²) in [6.07, 6.45) is 0. The first-order valence-corrected chi connectivity index (χ1v) is 7.01.